The minimum Gasteiger partial charge on any atom is -0.481 e. The largest absolute Gasteiger partial charge is 0.481 e. The predicted molar refractivity (Wildman–Crippen MR) is 118 cm³/mol. The van der Waals surface area contributed by atoms with E-state index in [2.05, 4.69) is 34.6 Å². The third-order valence-electron chi connectivity index (χ3n) is 9.66. The summed E-state index contributed by atoms with van der Waals surface area (Å²) in [4.78, 5) is 24.1. The molecule has 0 aromatic rings. The molecule has 3 fully saturated rings. The van der Waals surface area contributed by atoms with Gasteiger partial charge in [-0.3, -0.25) is 9.59 Å². The second-order valence-electron chi connectivity index (χ2n) is 11.7. The van der Waals surface area contributed by atoms with Crippen LogP contribution in [-0.2, 0) is 9.59 Å². The lowest BCUT2D eigenvalue weighted by atomic mass is 9.48. The van der Waals surface area contributed by atoms with E-state index in [9.17, 15) is 14.7 Å². The zero-order chi connectivity index (χ0) is 21.4. The van der Waals surface area contributed by atoms with Gasteiger partial charge >= 0.3 is 5.97 Å². The quantitative estimate of drug-likeness (QED) is 0.487. The van der Waals surface area contributed by atoms with Crippen LogP contribution in [0.4, 0.5) is 0 Å². The molecule has 0 aromatic heterocycles. The van der Waals surface area contributed by atoms with E-state index in [1.54, 1.807) is 0 Å². The Hall–Kier alpha value is -0.860. The second-order valence-corrected chi connectivity index (χ2v) is 11.7. The van der Waals surface area contributed by atoms with Crippen LogP contribution in [0.15, 0.2) is 0 Å². The third kappa shape index (κ3) is 4.30. The molecule has 0 spiro atoms. The minimum absolute atomic E-state index is 0.128. The number of carboxylic acids is 1. The van der Waals surface area contributed by atoms with Crippen molar-refractivity contribution in [2.45, 2.75) is 105 Å². The van der Waals surface area contributed by atoms with Crippen molar-refractivity contribution in [1.82, 2.24) is 0 Å². The molecule has 3 rings (SSSR count). The highest BCUT2D eigenvalue weighted by atomic mass is 16.4. The SMILES string of the molecule is CC(C)CCC[C@H](C)[C@@H]1CC[C@@H]2[C@@H]3CCC(=O)[C@](C)(CCC(=O)O)[C@H]3CC[C@@]21C. The Morgan fingerprint density at radius 2 is 1.79 bits per heavy atom. The summed E-state index contributed by atoms with van der Waals surface area (Å²) in [5.74, 6) is 3.74. The van der Waals surface area contributed by atoms with E-state index in [0.717, 1.165) is 36.5 Å². The molecular formula is C26H44O3. The number of carboxylic acid groups (broad SMARTS) is 1. The molecule has 0 saturated heterocycles. The maximum Gasteiger partial charge on any atom is 0.303 e. The van der Waals surface area contributed by atoms with Crippen LogP contribution in [0.25, 0.3) is 0 Å². The molecule has 0 aromatic carbocycles. The smallest absolute Gasteiger partial charge is 0.303 e. The molecule has 0 unspecified atom stereocenters. The van der Waals surface area contributed by atoms with E-state index < -0.39 is 11.4 Å². The normalized spacial score (nSPS) is 40.6. The van der Waals surface area contributed by atoms with Crippen LogP contribution in [0.3, 0.4) is 0 Å². The van der Waals surface area contributed by atoms with Crippen LogP contribution >= 0.6 is 0 Å². The molecule has 7 atom stereocenters. The monoisotopic (exact) mass is 404 g/mol. The number of ketones is 1. The highest BCUT2D eigenvalue weighted by molar-refractivity contribution is 5.86. The van der Waals surface area contributed by atoms with Crippen molar-refractivity contribution in [2.24, 2.45) is 46.3 Å². The fourth-order valence-corrected chi connectivity index (χ4v) is 7.99. The van der Waals surface area contributed by atoms with Gasteiger partial charge in [0.05, 0.1) is 0 Å². The van der Waals surface area contributed by atoms with Gasteiger partial charge in [-0.25, -0.2) is 0 Å². The number of hydrogen-bond donors (Lipinski definition) is 1. The first-order valence-corrected chi connectivity index (χ1v) is 12.3. The molecule has 3 aliphatic rings. The lowest BCUT2D eigenvalue weighted by Gasteiger charge is -2.56. The molecule has 3 nitrogen and oxygen atoms in total. The van der Waals surface area contributed by atoms with Crippen LogP contribution in [0.5, 0.6) is 0 Å². The second kappa shape index (κ2) is 8.71. The Labute approximate surface area is 178 Å². The Morgan fingerprint density at radius 1 is 1.07 bits per heavy atom. The summed E-state index contributed by atoms with van der Waals surface area (Å²) in [6.07, 6.45) is 11.4. The number of hydrogen-bond acceptors (Lipinski definition) is 2. The van der Waals surface area contributed by atoms with Crippen molar-refractivity contribution < 1.29 is 14.7 Å². The zero-order valence-corrected chi connectivity index (χ0v) is 19.5. The van der Waals surface area contributed by atoms with Gasteiger partial charge < -0.3 is 5.11 Å². The molecule has 29 heavy (non-hydrogen) atoms. The van der Waals surface area contributed by atoms with Crippen molar-refractivity contribution >= 4 is 11.8 Å². The standard InChI is InChI=1S/C26H44O3/c1-17(2)7-6-8-18(3)20-10-11-21-19-9-12-23(27)26(5,16-14-24(28)29)22(19)13-15-25(20,21)4/h17-22H,6-16H2,1-5H3,(H,28,29)/t18-,19-,20-,21+,22-,25+,26+/m0/s1. The highest BCUT2D eigenvalue weighted by Crippen LogP contribution is 2.65. The Balaban J connectivity index is 1.73. The molecule has 3 heteroatoms. The average Bonchev–Trinajstić information content (AvgIpc) is 3.00. The van der Waals surface area contributed by atoms with E-state index in [-0.39, 0.29) is 6.42 Å². The van der Waals surface area contributed by atoms with E-state index in [1.807, 2.05) is 0 Å². The van der Waals surface area contributed by atoms with E-state index in [0.29, 0.717) is 35.9 Å². The number of carbonyl (C=O) groups is 2. The van der Waals surface area contributed by atoms with Crippen molar-refractivity contribution in [3.63, 3.8) is 0 Å². The fourth-order valence-electron chi connectivity index (χ4n) is 7.99. The van der Waals surface area contributed by atoms with E-state index >= 15 is 0 Å². The van der Waals surface area contributed by atoms with Gasteiger partial charge in [-0.2, -0.15) is 0 Å². The van der Waals surface area contributed by atoms with Gasteiger partial charge in [0, 0.05) is 18.3 Å². The summed E-state index contributed by atoms with van der Waals surface area (Å²) in [6.45, 7) is 11.8. The van der Waals surface area contributed by atoms with Crippen molar-refractivity contribution in [3.8, 4) is 0 Å². The van der Waals surface area contributed by atoms with Crippen LogP contribution in [0.1, 0.15) is 105 Å². The summed E-state index contributed by atoms with van der Waals surface area (Å²) >= 11 is 0. The molecule has 0 amide bonds. The summed E-state index contributed by atoms with van der Waals surface area (Å²) in [7, 11) is 0. The molecular weight excluding hydrogens is 360 g/mol. The van der Waals surface area contributed by atoms with Gasteiger partial charge in [-0.1, -0.05) is 53.9 Å². The summed E-state index contributed by atoms with van der Waals surface area (Å²) in [6, 6.07) is 0. The van der Waals surface area contributed by atoms with Gasteiger partial charge in [-0.15, -0.1) is 0 Å². The molecule has 1 N–H and O–H groups in total. The first-order chi connectivity index (χ1) is 13.6. The van der Waals surface area contributed by atoms with Crippen molar-refractivity contribution in [2.75, 3.05) is 0 Å². The summed E-state index contributed by atoms with van der Waals surface area (Å²) < 4.78 is 0. The maximum absolute atomic E-state index is 12.9. The molecule has 0 heterocycles. The Bertz CT molecular complexity index is 611. The van der Waals surface area contributed by atoms with Gasteiger partial charge in [0.25, 0.3) is 0 Å². The number of carbonyl (C=O) groups excluding carboxylic acids is 1. The van der Waals surface area contributed by atoms with Crippen molar-refractivity contribution in [3.05, 3.63) is 0 Å². The number of rotatable bonds is 8. The predicted octanol–water partition coefficient (Wildman–Crippen LogP) is 6.74. The molecule has 0 radical (unpaired) electrons. The maximum atomic E-state index is 12.9. The number of Topliss-reactive ketones (excluding diaryl/α,β-unsaturated/α-hetero) is 1. The van der Waals surface area contributed by atoms with Crippen LogP contribution in [-0.4, -0.2) is 16.9 Å². The lowest BCUT2D eigenvalue weighted by Crippen LogP contribution is -2.52. The molecule has 0 aliphatic heterocycles. The van der Waals surface area contributed by atoms with Gasteiger partial charge in [-0.05, 0) is 79.4 Å². The number of aliphatic carboxylic acids is 1. The fraction of sp³-hybridized carbons (Fsp3) is 0.923. The van der Waals surface area contributed by atoms with Crippen LogP contribution < -0.4 is 0 Å². The summed E-state index contributed by atoms with van der Waals surface area (Å²) in [5.41, 5.74) is 0.0100. The number of fused-ring (bicyclic) bond motifs is 3. The molecule has 3 aliphatic carbocycles. The van der Waals surface area contributed by atoms with Crippen LogP contribution in [0, 0.1) is 46.3 Å². The molecule has 166 valence electrons. The van der Waals surface area contributed by atoms with Gasteiger partial charge in [0.1, 0.15) is 5.78 Å². The first-order valence-electron chi connectivity index (χ1n) is 12.3. The lowest BCUT2D eigenvalue weighted by molar-refractivity contribution is -0.148. The minimum atomic E-state index is -0.766. The molecule has 0 bridgehead atoms. The van der Waals surface area contributed by atoms with Gasteiger partial charge in [0.15, 0.2) is 0 Å². The van der Waals surface area contributed by atoms with E-state index in [4.69, 9.17) is 0 Å². The summed E-state index contributed by atoms with van der Waals surface area (Å²) in [5, 5.41) is 9.22. The highest BCUT2D eigenvalue weighted by Gasteiger charge is 2.59. The van der Waals surface area contributed by atoms with Gasteiger partial charge in [0.2, 0.25) is 0 Å². The first kappa shape index (κ1) is 22.8. The zero-order valence-electron chi connectivity index (χ0n) is 19.5. The third-order valence-corrected chi connectivity index (χ3v) is 9.66. The van der Waals surface area contributed by atoms with E-state index in [1.165, 1.54) is 38.5 Å². The average molecular weight is 405 g/mol. The topological polar surface area (TPSA) is 54.4 Å². The van der Waals surface area contributed by atoms with Crippen molar-refractivity contribution in [1.29, 1.82) is 0 Å². The Kier molecular flexibility index (Phi) is 6.85. The Morgan fingerprint density at radius 3 is 2.45 bits per heavy atom. The molecule has 3 saturated carbocycles. The van der Waals surface area contributed by atoms with Crippen LogP contribution in [0.2, 0.25) is 0 Å².